The molecule has 2 heterocycles. The molecule has 3 rings (SSSR count). The molecule has 156 valence electrons. The van der Waals surface area contributed by atoms with Crippen molar-refractivity contribution in [2.24, 2.45) is 0 Å². The minimum Gasteiger partial charge on any atom is -0.338 e. The summed E-state index contributed by atoms with van der Waals surface area (Å²) in [4.78, 5) is 14.6. The zero-order chi connectivity index (χ0) is 20.1. The summed E-state index contributed by atoms with van der Waals surface area (Å²) in [5.74, 6) is -2.06. The molecule has 2 aliphatic heterocycles. The summed E-state index contributed by atoms with van der Waals surface area (Å²) < 4.78 is 54.2. The zero-order valence-electron chi connectivity index (χ0n) is 16.0. The van der Waals surface area contributed by atoms with Gasteiger partial charge in [0.25, 0.3) is 5.91 Å². The highest BCUT2D eigenvalue weighted by Gasteiger charge is 2.35. The van der Waals surface area contributed by atoms with E-state index in [1.807, 2.05) is 4.90 Å². The van der Waals surface area contributed by atoms with Gasteiger partial charge in [-0.1, -0.05) is 25.3 Å². The monoisotopic (exact) mass is 416 g/mol. The van der Waals surface area contributed by atoms with E-state index in [1.54, 1.807) is 0 Å². The fraction of sp³-hybridized carbons (Fsp3) is 0.632. The van der Waals surface area contributed by atoms with Crippen LogP contribution in [0.15, 0.2) is 23.1 Å². The number of benzene rings is 1. The number of nitrogens with one attached hydrogen (secondary N) is 1. The normalized spacial score (nSPS) is 20.6. The van der Waals surface area contributed by atoms with Gasteiger partial charge in [0.15, 0.2) is 11.4 Å². The Morgan fingerprint density at radius 2 is 1.46 bits per heavy atom. The van der Waals surface area contributed by atoms with Gasteiger partial charge in [0.2, 0.25) is 10.0 Å². The summed E-state index contributed by atoms with van der Waals surface area (Å²) in [7, 11) is -4.23. The van der Waals surface area contributed by atoms with Crippen molar-refractivity contribution in [1.82, 2.24) is 9.21 Å². The van der Waals surface area contributed by atoms with Crippen molar-refractivity contribution in [3.05, 3.63) is 29.8 Å². The van der Waals surface area contributed by atoms with Crippen LogP contribution in [0.4, 0.5) is 8.78 Å². The highest BCUT2D eigenvalue weighted by atomic mass is 32.2. The molecule has 6 nitrogen and oxygen atoms in total. The lowest BCUT2D eigenvalue weighted by atomic mass is 10.1. The molecule has 1 aromatic rings. The number of halogens is 2. The Morgan fingerprint density at radius 1 is 0.929 bits per heavy atom. The first-order chi connectivity index (χ1) is 13.4. The second-order valence-corrected chi connectivity index (χ2v) is 9.40. The van der Waals surface area contributed by atoms with Gasteiger partial charge in [-0.3, -0.25) is 4.79 Å². The molecule has 0 spiro atoms. The van der Waals surface area contributed by atoms with Crippen molar-refractivity contribution in [1.29, 1.82) is 0 Å². The minimum absolute atomic E-state index is 0.105. The average molecular weight is 417 g/mol. The summed E-state index contributed by atoms with van der Waals surface area (Å²) in [6.45, 7) is 3.07. The number of amides is 1. The van der Waals surface area contributed by atoms with Crippen LogP contribution in [-0.4, -0.2) is 69.3 Å². The molecule has 1 aromatic carbocycles. The number of hydrogen-bond acceptors (Lipinski definition) is 3. The van der Waals surface area contributed by atoms with Gasteiger partial charge in [0.05, 0.1) is 26.2 Å². The Morgan fingerprint density at radius 3 is 2.04 bits per heavy atom. The number of quaternary nitrogens is 1. The second kappa shape index (κ2) is 9.28. The van der Waals surface area contributed by atoms with E-state index >= 15 is 0 Å². The molecule has 28 heavy (non-hydrogen) atoms. The first kappa shape index (κ1) is 21.1. The molecule has 0 radical (unpaired) electrons. The predicted octanol–water partition coefficient (Wildman–Crippen LogP) is 0.647. The van der Waals surface area contributed by atoms with Crippen molar-refractivity contribution >= 4 is 15.9 Å². The van der Waals surface area contributed by atoms with Crippen LogP contribution >= 0.6 is 0 Å². The van der Waals surface area contributed by atoms with Gasteiger partial charge in [-0.25, -0.2) is 17.2 Å². The molecule has 2 saturated heterocycles. The molecule has 0 atom stereocenters. The van der Waals surface area contributed by atoms with Gasteiger partial charge >= 0.3 is 0 Å². The molecule has 0 aliphatic carbocycles. The number of nitrogens with zero attached hydrogens (tertiary/aromatic N) is 2. The Kier molecular flexibility index (Phi) is 7.00. The van der Waals surface area contributed by atoms with Gasteiger partial charge in [0, 0.05) is 13.1 Å². The van der Waals surface area contributed by atoms with E-state index in [0.29, 0.717) is 19.6 Å². The van der Waals surface area contributed by atoms with E-state index in [9.17, 15) is 22.0 Å². The molecule has 1 amide bonds. The van der Waals surface area contributed by atoms with Crippen LogP contribution in [0.25, 0.3) is 0 Å². The van der Waals surface area contributed by atoms with E-state index in [1.165, 1.54) is 6.42 Å². The number of carbonyl (C=O) groups excluding carboxylic acids is 1. The second-order valence-electron chi connectivity index (χ2n) is 7.53. The summed E-state index contributed by atoms with van der Waals surface area (Å²) in [5, 5.41) is 0. The van der Waals surface area contributed by atoms with Gasteiger partial charge in [0.1, 0.15) is 11.6 Å². The third-order valence-electron chi connectivity index (χ3n) is 5.56. The number of likely N-dealkylation sites (tertiary alicyclic amines) is 1. The third-order valence-corrected chi connectivity index (χ3v) is 7.51. The summed E-state index contributed by atoms with van der Waals surface area (Å²) in [6, 6.07) is 3.03. The highest BCUT2D eigenvalue weighted by molar-refractivity contribution is 7.89. The number of rotatable bonds is 4. The first-order valence-electron chi connectivity index (χ1n) is 9.95. The quantitative estimate of drug-likeness (QED) is 0.784. The molecule has 0 unspecified atom stereocenters. The van der Waals surface area contributed by atoms with Crippen LogP contribution in [-0.2, 0) is 14.8 Å². The van der Waals surface area contributed by atoms with Crippen LogP contribution in [0.3, 0.4) is 0 Å². The number of carbonyl (C=O) groups is 1. The Hall–Kier alpha value is -1.58. The fourth-order valence-electron chi connectivity index (χ4n) is 3.90. The lowest BCUT2D eigenvalue weighted by Crippen LogP contribution is -3.15. The van der Waals surface area contributed by atoms with Crippen LogP contribution in [0, 0.1) is 11.6 Å². The van der Waals surface area contributed by atoms with Gasteiger partial charge in [-0.05, 0) is 25.0 Å². The summed E-state index contributed by atoms with van der Waals surface area (Å²) in [6.07, 6.45) is 5.59. The number of sulfonamides is 1. The minimum atomic E-state index is -4.23. The lowest BCUT2D eigenvalue weighted by Gasteiger charge is -2.33. The van der Waals surface area contributed by atoms with Crippen LogP contribution < -0.4 is 4.90 Å². The highest BCUT2D eigenvalue weighted by Crippen LogP contribution is 2.22. The number of piperazine rings is 1. The maximum Gasteiger partial charge on any atom is 0.277 e. The van der Waals surface area contributed by atoms with Crippen LogP contribution in [0.2, 0.25) is 0 Å². The topological polar surface area (TPSA) is 62.1 Å². The van der Waals surface area contributed by atoms with Gasteiger partial charge in [-0.15, -0.1) is 0 Å². The fourth-order valence-corrected chi connectivity index (χ4v) is 5.45. The molecule has 2 aliphatic rings. The molecule has 0 aromatic heterocycles. The van der Waals surface area contributed by atoms with E-state index in [2.05, 4.69) is 0 Å². The zero-order valence-corrected chi connectivity index (χ0v) is 16.8. The Labute approximate surface area is 165 Å². The number of hydrogen-bond donors (Lipinski definition) is 1. The van der Waals surface area contributed by atoms with Crippen molar-refractivity contribution < 1.29 is 26.9 Å². The molecule has 1 N–H and O–H groups in total. The van der Waals surface area contributed by atoms with E-state index in [-0.39, 0.29) is 19.0 Å². The Bertz CT molecular complexity index is 767. The molecular weight excluding hydrogens is 388 g/mol. The Balaban J connectivity index is 1.57. The summed E-state index contributed by atoms with van der Waals surface area (Å²) >= 11 is 0. The van der Waals surface area contributed by atoms with E-state index in [0.717, 1.165) is 66.2 Å². The molecule has 0 bridgehead atoms. The van der Waals surface area contributed by atoms with Crippen molar-refractivity contribution in [2.45, 2.75) is 37.0 Å². The third kappa shape index (κ3) is 4.87. The standard InChI is InChI=1S/C19H27F2N3O3S/c20-16-7-6-8-17(21)19(16)28(26,27)24-13-11-22(12-14-24)15-18(25)23-9-4-2-1-3-5-10-23/h6-8H,1-5,9-15H2/p+1. The predicted molar refractivity (Wildman–Crippen MR) is 100 cm³/mol. The first-order valence-corrected chi connectivity index (χ1v) is 11.4. The molecule has 0 saturated carbocycles. The SMILES string of the molecule is O=C(C[NH+]1CCN(S(=O)(=O)c2c(F)cccc2F)CC1)N1CCCCCCC1. The van der Waals surface area contributed by atoms with Crippen LogP contribution in [0.5, 0.6) is 0 Å². The van der Waals surface area contributed by atoms with Crippen molar-refractivity contribution in [3.8, 4) is 0 Å². The van der Waals surface area contributed by atoms with Crippen LogP contribution in [0.1, 0.15) is 32.1 Å². The molecular formula is C19H28F2N3O3S+. The average Bonchev–Trinajstić information content (AvgIpc) is 2.61. The van der Waals surface area contributed by atoms with Gasteiger partial charge in [-0.2, -0.15) is 4.31 Å². The smallest absolute Gasteiger partial charge is 0.277 e. The van der Waals surface area contributed by atoms with Crippen molar-refractivity contribution in [2.75, 3.05) is 45.8 Å². The molecule has 2 fully saturated rings. The lowest BCUT2D eigenvalue weighted by molar-refractivity contribution is -0.896. The van der Waals surface area contributed by atoms with Crippen molar-refractivity contribution in [3.63, 3.8) is 0 Å². The maximum atomic E-state index is 13.9. The summed E-state index contributed by atoms with van der Waals surface area (Å²) in [5.41, 5.74) is 0. The maximum absolute atomic E-state index is 13.9. The van der Waals surface area contributed by atoms with Gasteiger partial charge < -0.3 is 9.80 Å². The van der Waals surface area contributed by atoms with E-state index in [4.69, 9.17) is 0 Å². The molecule has 9 heteroatoms. The van der Waals surface area contributed by atoms with E-state index < -0.39 is 26.6 Å². The largest absolute Gasteiger partial charge is 0.338 e.